The topological polar surface area (TPSA) is 63.8 Å². The summed E-state index contributed by atoms with van der Waals surface area (Å²) in [5.41, 5.74) is 6.92. The Morgan fingerprint density at radius 3 is 2.80 bits per heavy atom. The Morgan fingerprint density at radius 2 is 2.30 bits per heavy atom. The number of nitrogens with one attached hydrogen (secondary N) is 1. The molecular weight excluding hydrogens is 128 g/mol. The summed E-state index contributed by atoms with van der Waals surface area (Å²) in [6.07, 6.45) is 1.59. The van der Waals surface area contributed by atoms with Gasteiger partial charge in [0.1, 0.15) is 0 Å². The second-order valence-corrected chi connectivity index (χ2v) is 1.98. The lowest BCUT2D eigenvalue weighted by Crippen LogP contribution is -2.00. The van der Waals surface area contributed by atoms with Gasteiger partial charge in [0, 0.05) is 7.05 Å². The van der Waals surface area contributed by atoms with Crippen molar-refractivity contribution < 1.29 is 0 Å². The molecule has 0 aliphatic carbocycles. The van der Waals surface area contributed by atoms with E-state index in [4.69, 9.17) is 5.73 Å². The lowest BCUT2D eigenvalue weighted by molar-refractivity contribution is 1.10. The standard InChI is InChI=1S/C6H10N4/c1-4-5(7)3-9-6(8-2)10-4/h3H,7H2,1-2H3,(H,8,9,10). The Bertz CT molecular complexity index is 233. The van der Waals surface area contributed by atoms with Crippen LogP contribution < -0.4 is 11.1 Å². The fourth-order valence-electron chi connectivity index (χ4n) is 0.597. The number of rotatable bonds is 1. The van der Waals surface area contributed by atoms with E-state index < -0.39 is 0 Å². The molecule has 0 saturated heterocycles. The molecule has 0 saturated carbocycles. The van der Waals surface area contributed by atoms with Gasteiger partial charge in [0.15, 0.2) is 0 Å². The van der Waals surface area contributed by atoms with Crippen molar-refractivity contribution in [1.29, 1.82) is 0 Å². The third-order valence-corrected chi connectivity index (χ3v) is 1.24. The van der Waals surface area contributed by atoms with Crippen LogP contribution in [0.25, 0.3) is 0 Å². The maximum atomic E-state index is 5.49. The maximum absolute atomic E-state index is 5.49. The van der Waals surface area contributed by atoms with E-state index in [9.17, 15) is 0 Å². The van der Waals surface area contributed by atoms with Gasteiger partial charge in [0.05, 0.1) is 17.6 Å². The highest BCUT2D eigenvalue weighted by Crippen LogP contribution is 2.06. The maximum Gasteiger partial charge on any atom is 0.222 e. The second kappa shape index (κ2) is 2.51. The van der Waals surface area contributed by atoms with Crippen molar-refractivity contribution in [3.05, 3.63) is 11.9 Å². The van der Waals surface area contributed by atoms with E-state index in [1.165, 1.54) is 0 Å². The van der Waals surface area contributed by atoms with Crippen LogP contribution >= 0.6 is 0 Å². The number of nitrogens with zero attached hydrogens (tertiary/aromatic N) is 2. The second-order valence-electron chi connectivity index (χ2n) is 1.98. The van der Waals surface area contributed by atoms with Gasteiger partial charge in [-0.05, 0) is 6.92 Å². The third-order valence-electron chi connectivity index (χ3n) is 1.24. The van der Waals surface area contributed by atoms with E-state index in [2.05, 4.69) is 15.3 Å². The summed E-state index contributed by atoms with van der Waals surface area (Å²) in [4.78, 5) is 7.95. The minimum Gasteiger partial charge on any atom is -0.396 e. The Kier molecular flexibility index (Phi) is 1.71. The highest BCUT2D eigenvalue weighted by atomic mass is 15.1. The average Bonchev–Trinajstić information content (AvgIpc) is 1.95. The fourth-order valence-corrected chi connectivity index (χ4v) is 0.597. The molecule has 1 rings (SSSR count). The summed E-state index contributed by atoms with van der Waals surface area (Å²) < 4.78 is 0. The average molecular weight is 138 g/mol. The number of hydrogen-bond acceptors (Lipinski definition) is 4. The Labute approximate surface area is 59.5 Å². The molecule has 54 valence electrons. The quantitative estimate of drug-likeness (QED) is 0.590. The molecule has 1 aromatic heterocycles. The van der Waals surface area contributed by atoms with E-state index >= 15 is 0 Å². The van der Waals surface area contributed by atoms with Gasteiger partial charge in [-0.3, -0.25) is 0 Å². The molecule has 0 spiro atoms. The summed E-state index contributed by atoms with van der Waals surface area (Å²) >= 11 is 0. The fraction of sp³-hybridized carbons (Fsp3) is 0.333. The minimum atomic E-state index is 0.603. The Hall–Kier alpha value is -1.32. The van der Waals surface area contributed by atoms with Crippen molar-refractivity contribution in [2.75, 3.05) is 18.1 Å². The van der Waals surface area contributed by atoms with Crippen LogP contribution in [0.5, 0.6) is 0 Å². The lowest BCUT2D eigenvalue weighted by Gasteiger charge is -2.00. The zero-order valence-electron chi connectivity index (χ0n) is 6.05. The van der Waals surface area contributed by atoms with Crippen LogP contribution in [-0.4, -0.2) is 17.0 Å². The van der Waals surface area contributed by atoms with Gasteiger partial charge < -0.3 is 11.1 Å². The van der Waals surface area contributed by atoms with Crippen LogP contribution in [0, 0.1) is 6.92 Å². The molecule has 0 radical (unpaired) electrons. The molecule has 10 heavy (non-hydrogen) atoms. The highest BCUT2D eigenvalue weighted by Gasteiger charge is 1.95. The van der Waals surface area contributed by atoms with Crippen LogP contribution in [0.3, 0.4) is 0 Å². The Balaban J connectivity index is 3.04. The van der Waals surface area contributed by atoms with Gasteiger partial charge in [0.2, 0.25) is 5.95 Å². The van der Waals surface area contributed by atoms with Crippen molar-refractivity contribution in [3.8, 4) is 0 Å². The van der Waals surface area contributed by atoms with Gasteiger partial charge in [-0.2, -0.15) is 0 Å². The summed E-state index contributed by atoms with van der Waals surface area (Å²) in [7, 11) is 1.77. The highest BCUT2D eigenvalue weighted by molar-refractivity contribution is 5.42. The molecular formula is C6H10N4. The Morgan fingerprint density at radius 1 is 1.60 bits per heavy atom. The van der Waals surface area contributed by atoms with Crippen LogP contribution in [0.4, 0.5) is 11.6 Å². The van der Waals surface area contributed by atoms with Crippen LogP contribution in [0.2, 0.25) is 0 Å². The van der Waals surface area contributed by atoms with E-state index in [1.54, 1.807) is 13.2 Å². The first-order valence-corrected chi connectivity index (χ1v) is 3.01. The summed E-state index contributed by atoms with van der Waals surface area (Å²) in [6, 6.07) is 0. The van der Waals surface area contributed by atoms with E-state index in [0.29, 0.717) is 11.6 Å². The van der Waals surface area contributed by atoms with Gasteiger partial charge >= 0.3 is 0 Å². The smallest absolute Gasteiger partial charge is 0.222 e. The number of nitrogen functional groups attached to an aromatic ring is 1. The molecule has 4 heteroatoms. The molecule has 4 nitrogen and oxygen atoms in total. The number of anilines is 2. The predicted octanol–water partition coefficient (Wildman–Crippen LogP) is 0.409. The van der Waals surface area contributed by atoms with Crippen molar-refractivity contribution in [2.24, 2.45) is 0 Å². The molecule has 0 amide bonds. The van der Waals surface area contributed by atoms with E-state index in [0.717, 1.165) is 5.69 Å². The van der Waals surface area contributed by atoms with Gasteiger partial charge in [-0.1, -0.05) is 0 Å². The molecule has 0 fully saturated rings. The number of aryl methyl sites for hydroxylation is 1. The largest absolute Gasteiger partial charge is 0.396 e. The van der Waals surface area contributed by atoms with E-state index in [-0.39, 0.29) is 0 Å². The molecule has 0 atom stereocenters. The number of aromatic nitrogens is 2. The zero-order valence-corrected chi connectivity index (χ0v) is 6.05. The van der Waals surface area contributed by atoms with Crippen molar-refractivity contribution in [2.45, 2.75) is 6.92 Å². The molecule has 0 bridgehead atoms. The normalized spacial score (nSPS) is 9.40. The summed E-state index contributed by atoms with van der Waals surface area (Å²) in [6.45, 7) is 1.85. The van der Waals surface area contributed by atoms with Crippen molar-refractivity contribution in [3.63, 3.8) is 0 Å². The van der Waals surface area contributed by atoms with Crippen molar-refractivity contribution in [1.82, 2.24) is 9.97 Å². The number of hydrogen-bond donors (Lipinski definition) is 2. The van der Waals surface area contributed by atoms with Crippen LogP contribution in [0.15, 0.2) is 6.20 Å². The van der Waals surface area contributed by atoms with Gasteiger partial charge in [-0.15, -0.1) is 0 Å². The van der Waals surface area contributed by atoms with E-state index in [1.807, 2.05) is 6.92 Å². The predicted molar refractivity (Wildman–Crippen MR) is 40.7 cm³/mol. The molecule has 0 aromatic carbocycles. The van der Waals surface area contributed by atoms with Gasteiger partial charge in [-0.25, -0.2) is 9.97 Å². The monoisotopic (exact) mass is 138 g/mol. The van der Waals surface area contributed by atoms with Crippen LogP contribution in [-0.2, 0) is 0 Å². The first kappa shape index (κ1) is 6.80. The first-order chi connectivity index (χ1) is 4.74. The molecule has 3 N–H and O–H groups in total. The third kappa shape index (κ3) is 1.15. The molecule has 0 unspecified atom stereocenters. The van der Waals surface area contributed by atoms with Crippen LogP contribution in [0.1, 0.15) is 5.69 Å². The lowest BCUT2D eigenvalue weighted by atomic mass is 10.4. The zero-order chi connectivity index (χ0) is 7.56. The SMILES string of the molecule is CNc1ncc(N)c(C)n1. The van der Waals surface area contributed by atoms with Crippen molar-refractivity contribution >= 4 is 11.6 Å². The molecule has 1 heterocycles. The van der Waals surface area contributed by atoms with Gasteiger partial charge in [0.25, 0.3) is 0 Å². The molecule has 1 aromatic rings. The summed E-state index contributed by atoms with van der Waals surface area (Å²) in [5, 5.41) is 2.82. The summed E-state index contributed by atoms with van der Waals surface area (Å²) in [5.74, 6) is 0.603. The molecule has 0 aliphatic heterocycles. The molecule has 0 aliphatic rings. The minimum absolute atomic E-state index is 0.603. The number of nitrogens with two attached hydrogens (primary N) is 1. The first-order valence-electron chi connectivity index (χ1n) is 3.01.